The Morgan fingerprint density at radius 3 is 2.65 bits per heavy atom. The zero-order valence-corrected chi connectivity index (χ0v) is 16.4. The molecule has 0 bridgehead atoms. The van der Waals surface area contributed by atoms with Gasteiger partial charge in [0.25, 0.3) is 0 Å². The molecule has 1 aliphatic rings. The SMILES string of the molecule is CCNC(=NCc1ccc(C)cc1)NCCC1=CCOCC1.I. The fourth-order valence-electron chi connectivity index (χ4n) is 2.34. The van der Waals surface area contributed by atoms with Gasteiger partial charge < -0.3 is 15.4 Å². The zero-order chi connectivity index (χ0) is 15.6. The summed E-state index contributed by atoms with van der Waals surface area (Å²) < 4.78 is 5.33. The molecule has 128 valence electrons. The molecule has 0 saturated carbocycles. The summed E-state index contributed by atoms with van der Waals surface area (Å²) in [6.07, 6.45) is 4.30. The third kappa shape index (κ3) is 7.83. The van der Waals surface area contributed by atoms with E-state index in [1.165, 1.54) is 16.7 Å². The maximum atomic E-state index is 5.33. The average molecular weight is 429 g/mol. The number of ether oxygens (including phenoxy) is 1. The Morgan fingerprint density at radius 1 is 1.22 bits per heavy atom. The van der Waals surface area contributed by atoms with E-state index in [-0.39, 0.29) is 24.0 Å². The highest BCUT2D eigenvalue weighted by Crippen LogP contribution is 2.10. The van der Waals surface area contributed by atoms with Gasteiger partial charge in [-0.05, 0) is 32.3 Å². The normalized spacial score (nSPS) is 14.7. The van der Waals surface area contributed by atoms with Crippen molar-refractivity contribution in [2.75, 3.05) is 26.3 Å². The monoisotopic (exact) mass is 429 g/mol. The van der Waals surface area contributed by atoms with Crippen LogP contribution in [0.3, 0.4) is 0 Å². The summed E-state index contributed by atoms with van der Waals surface area (Å²) in [5.74, 6) is 0.885. The molecule has 0 spiro atoms. The molecule has 23 heavy (non-hydrogen) atoms. The standard InChI is InChI=1S/C18H27N3O.HI/c1-3-19-18(20-11-8-16-9-12-22-13-10-16)21-14-17-6-4-15(2)5-7-17;/h4-7,9H,3,8,10-14H2,1-2H3,(H2,19,20,21);1H. The molecule has 2 N–H and O–H groups in total. The number of benzene rings is 1. The summed E-state index contributed by atoms with van der Waals surface area (Å²) in [4.78, 5) is 4.65. The van der Waals surface area contributed by atoms with Crippen LogP contribution in [0.2, 0.25) is 0 Å². The van der Waals surface area contributed by atoms with Crippen molar-refractivity contribution in [2.45, 2.75) is 33.2 Å². The average Bonchev–Trinajstić information content (AvgIpc) is 2.55. The number of guanidine groups is 1. The third-order valence-corrected chi connectivity index (χ3v) is 3.68. The first kappa shape index (κ1) is 20.0. The van der Waals surface area contributed by atoms with Crippen LogP contribution in [0.5, 0.6) is 0 Å². The quantitative estimate of drug-likeness (QED) is 0.315. The van der Waals surface area contributed by atoms with Crippen molar-refractivity contribution in [3.05, 3.63) is 47.0 Å². The van der Waals surface area contributed by atoms with Crippen LogP contribution >= 0.6 is 24.0 Å². The molecular weight excluding hydrogens is 401 g/mol. The Kier molecular flexibility index (Phi) is 9.94. The second kappa shape index (κ2) is 11.5. The molecule has 0 fully saturated rings. The molecule has 4 nitrogen and oxygen atoms in total. The highest BCUT2D eigenvalue weighted by Gasteiger charge is 2.04. The minimum Gasteiger partial charge on any atom is -0.377 e. The van der Waals surface area contributed by atoms with E-state index < -0.39 is 0 Å². The van der Waals surface area contributed by atoms with E-state index in [2.05, 4.69) is 59.8 Å². The van der Waals surface area contributed by atoms with Crippen molar-refractivity contribution < 1.29 is 4.74 Å². The second-order valence-electron chi connectivity index (χ2n) is 5.54. The highest BCUT2D eigenvalue weighted by atomic mass is 127. The summed E-state index contributed by atoms with van der Waals surface area (Å²) in [5.41, 5.74) is 3.99. The van der Waals surface area contributed by atoms with Crippen LogP contribution in [0.4, 0.5) is 0 Å². The second-order valence-corrected chi connectivity index (χ2v) is 5.54. The number of nitrogens with zero attached hydrogens (tertiary/aromatic N) is 1. The molecule has 0 saturated heterocycles. The number of nitrogens with one attached hydrogen (secondary N) is 2. The Hall–Kier alpha value is -1.08. The van der Waals surface area contributed by atoms with Crippen molar-refractivity contribution in [2.24, 2.45) is 4.99 Å². The number of aryl methyl sites for hydroxylation is 1. The molecule has 1 aromatic carbocycles. The molecule has 0 unspecified atom stereocenters. The molecular formula is C18H28IN3O. The summed E-state index contributed by atoms with van der Waals surface area (Å²) in [7, 11) is 0. The van der Waals surface area contributed by atoms with E-state index in [0.29, 0.717) is 6.54 Å². The molecule has 1 aliphatic heterocycles. The van der Waals surface area contributed by atoms with Crippen LogP contribution in [0.1, 0.15) is 30.9 Å². The van der Waals surface area contributed by atoms with Gasteiger partial charge in [0.05, 0.1) is 19.8 Å². The lowest BCUT2D eigenvalue weighted by Crippen LogP contribution is -2.38. The van der Waals surface area contributed by atoms with E-state index >= 15 is 0 Å². The van der Waals surface area contributed by atoms with Crippen LogP contribution in [-0.2, 0) is 11.3 Å². The van der Waals surface area contributed by atoms with E-state index in [0.717, 1.165) is 45.1 Å². The van der Waals surface area contributed by atoms with Crippen molar-refractivity contribution in [3.63, 3.8) is 0 Å². The molecule has 2 rings (SSSR count). The number of hydrogen-bond donors (Lipinski definition) is 2. The molecule has 0 aliphatic carbocycles. The van der Waals surface area contributed by atoms with Gasteiger partial charge in [0, 0.05) is 13.1 Å². The molecule has 1 aromatic rings. The molecule has 0 amide bonds. The molecule has 0 atom stereocenters. The minimum atomic E-state index is 0. The van der Waals surface area contributed by atoms with E-state index in [1.54, 1.807) is 0 Å². The number of rotatable bonds is 6. The first-order valence-corrected chi connectivity index (χ1v) is 8.11. The van der Waals surface area contributed by atoms with Crippen LogP contribution < -0.4 is 10.6 Å². The van der Waals surface area contributed by atoms with Crippen molar-refractivity contribution >= 4 is 29.9 Å². The number of hydrogen-bond acceptors (Lipinski definition) is 2. The molecule has 0 aromatic heterocycles. The van der Waals surface area contributed by atoms with Gasteiger partial charge >= 0.3 is 0 Å². The van der Waals surface area contributed by atoms with E-state index in [1.807, 2.05) is 0 Å². The summed E-state index contributed by atoms with van der Waals surface area (Å²) in [6.45, 7) is 8.28. The van der Waals surface area contributed by atoms with Gasteiger partial charge in [-0.3, -0.25) is 0 Å². The molecule has 1 heterocycles. The minimum absolute atomic E-state index is 0. The smallest absolute Gasteiger partial charge is 0.191 e. The van der Waals surface area contributed by atoms with Gasteiger partial charge in [-0.1, -0.05) is 41.5 Å². The molecule has 0 radical (unpaired) electrons. The Labute approximate surface area is 156 Å². The fraction of sp³-hybridized carbons (Fsp3) is 0.500. The van der Waals surface area contributed by atoms with Gasteiger partial charge in [-0.25, -0.2) is 4.99 Å². The van der Waals surface area contributed by atoms with Crippen molar-refractivity contribution in [3.8, 4) is 0 Å². The maximum Gasteiger partial charge on any atom is 0.191 e. The van der Waals surface area contributed by atoms with Crippen molar-refractivity contribution in [1.82, 2.24) is 10.6 Å². The Bertz CT molecular complexity index is 512. The summed E-state index contributed by atoms with van der Waals surface area (Å²) in [5, 5.41) is 6.70. The predicted molar refractivity (Wildman–Crippen MR) is 108 cm³/mol. The summed E-state index contributed by atoms with van der Waals surface area (Å²) >= 11 is 0. The van der Waals surface area contributed by atoms with Gasteiger partial charge in [0.1, 0.15) is 0 Å². The summed E-state index contributed by atoms with van der Waals surface area (Å²) in [6, 6.07) is 8.52. The lowest BCUT2D eigenvalue weighted by Gasteiger charge is -2.15. The first-order chi connectivity index (χ1) is 10.8. The predicted octanol–water partition coefficient (Wildman–Crippen LogP) is 3.40. The van der Waals surface area contributed by atoms with Crippen LogP contribution in [0, 0.1) is 6.92 Å². The Morgan fingerprint density at radius 2 is 2.00 bits per heavy atom. The van der Waals surface area contributed by atoms with Crippen molar-refractivity contribution in [1.29, 1.82) is 0 Å². The van der Waals surface area contributed by atoms with Crippen LogP contribution in [-0.4, -0.2) is 32.3 Å². The van der Waals surface area contributed by atoms with Crippen LogP contribution in [0.25, 0.3) is 0 Å². The maximum absolute atomic E-state index is 5.33. The lowest BCUT2D eigenvalue weighted by molar-refractivity contribution is 0.153. The van der Waals surface area contributed by atoms with E-state index in [4.69, 9.17) is 4.74 Å². The number of aliphatic imine (C=N–C) groups is 1. The van der Waals surface area contributed by atoms with Gasteiger partial charge in [-0.2, -0.15) is 0 Å². The van der Waals surface area contributed by atoms with Gasteiger partial charge in [0.2, 0.25) is 0 Å². The highest BCUT2D eigenvalue weighted by molar-refractivity contribution is 14.0. The fourth-order valence-corrected chi connectivity index (χ4v) is 2.34. The molecule has 5 heteroatoms. The van der Waals surface area contributed by atoms with E-state index in [9.17, 15) is 0 Å². The van der Waals surface area contributed by atoms with Crippen LogP contribution in [0.15, 0.2) is 40.9 Å². The third-order valence-electron chi connectivity index (χ3n) is 3.68. The van der Waals surface area contributed by atoms with Gasteiger partial charge in [0.15, 0.2) is 5.96 Å². The van der Waals surface area contributed by atoms with Gasteiger partial charge in [-0.15, -0.1) is 24.0 Å². The number of halogens is 1. The largest absolute Gasteiger partial charge is 0.377 e. The first-order valence-electron chi connectivity index (χ1n) is 8.11. The zero-order valence-electron chi connectivity index (χ0n) is 14.1. The lowest BCUT2D eigenvalue weighted by atomic mass is 10.1. The Balaban J connectivity index is 0.00000264. The topological polar surface area (TPSA) is 45.7 Å².